The highest BCUT2D eigenvalue weighted by molar-refractivity contribution is 7.99. The molecule has 0 aliphatic rings. The summed E-state index contributed by atoms with van der Waals surface area (Å²) in [6.07, 6.45) is 0. The van der Waals surface area contributed by atoms with Crippen LogP contribution in [0.3, 0.4) is 0 Å². The average Bonchev–Trinajstić information content (AvgIpc) is 2.48. The Balaban J connectivity index is 2.32. The highest BCUT2D eigenvalue weighted by Crippen LogP contribution is 2.29. The van der Waals surface area contributed by atoms with Crippen LogP contribution in [0.1, 0.15) is 15.9 Å². The van der Waals surface area contributed by atoms with E-state index in [-0.39, 0.29) is 5.56 Å². The van der Waals surface area contributed by atoms with Crippen LogP contribution in [0.25, 0.3) is 0 Å². The Labute approximate surface area is 121 Å². The molecule has 5 heteroatoms. The summed E-state index contributed by atoms with van der Waals surface area (Å²) < 4.78 is 4.68. The number of methoxy groups -OCH3 is 1. The van der Waals surface area contributed by atoms with Gasteiger partial charge in [-0.05, 0) is 42.5 Å². The molecule has 2 aromatic rings. The van der Waals surface area contributed by atoms with E-state index in [2.05, 4.69) is 4.74 Å². The Kier molecular flexibility index (Phi) is 4.28. The van der Waals surface area contributed by atoms with Crippen molar-refractivity contribution in [3.05, 3.63) is 53.6 Å². The number of rotatable bonds is 3. The number of nitrogens with two attached hydrogens (primary N) is 1. The van der Waals surface area contributed by atoms with E-state index in [1.54, 1.807) is 18.2 Å². The molecule has 0 spiro atoms. The van der Waals surface area contributed by atoms with Crippen molar-refractivity contribution in [3.8, 4) is 6.07 Å². The predicted octanol–water partition coefficient (Wildman–Crippen LogP) is 3.08. The Bertz CT molecular complexity index is 675. The van der Waals surface area contributed by atoms with Gasteiger partial charge in [-0.15, -0.1) is 0 Å². The smallest absolute Gasteiger partial charge is 0.339 e. The molecule has 0 saturated heterocycles. The molecule has 0 heterocycles. The standard InChI is InChI=1S/C15H12N2O2S/c1-19-15(18)14-8-13(5-2-10(14)9-16)20-12-6-3-11(17)4-7-12/h2-8H,17H2,1H3. The molecule has 0 fully saturated rings. The van der Waals surface area contributed by atoms with E-state index in [1.807, 2.05) is 30.3 Å². The minimum absolute atomic E-state index is 0.274. The van der Waals surface area contributed by atoms with Crippen LogP contribution in [0.5, 0.6) is 0 Å². The zero-order valence-corrected chi connectivity index (χ0v) is 11.6. The van der Waals surface area contributed by atoms with Gasteiger partial charge in [0.25, 0.3) is 0 Å². The van der Waals surface area contributed by atoms with Crippen molar-refractivity contribution in [1.82, 2.24) is 0 Å². The van der Waals surface area contributed by atoms with Crippen molar-refractivity contribution in [2.45, 2.75) is 9.79 Å². The lowest BCUT2D eigenvalue weighted by Crippen LogP contribution is -2.04. The predicted molar refractivity (Wildman–Crippen MR) is 77.5 cm³/mol. The molecule has 2 aromatic carbocycles. The van der Waals surface area contributed by atoms with Crippen LogP contribution in [0.2, 0.25) is 0 Å². The third kappa shape index (κ3) is 3.11. The summed E-state index contributed by atoms with van der Waals surface area (Å²) in [6.45, 7) is 0. The van der Waals surface area contributed by atoms with Gasteiger partial charge in [-0.25, -0.2) is 4.79 Å². The summed E-state index contributed by atoms with van der Waals surface area (Å²) in [6, 6.07) is 14.5. The molecule has 0 aliphatic carbocycles. The summed E-state index contributed by atoms with van der Waals surface area (Å²) >= 11 is 1.48. The van der Waals surface area contributed by atoms with Crippen molar-refractivity contribution in [1.29, 1.82) is 5.26 Å². The quantitative estimate of drug-likeness (QED) is 0.692. The molecular formula is C15H12N2O2S. The van der Waals surface area contributed by atoms with Crippen molar-refractivity contribution in [2.75, 3.05) is 12.8 Å². The third-order valence-corrected chi connectivity index (χ3v) is 3.63. The van der Waals surface area contributed by atoms with Gasteiger partial charge >= 0.3 is 5.97 Å². The summed E-state index contributed by atoms with van der Waals surface area (Å²) in [5.74, 6) is -0.513. The van der Waals surface area contributed by atoms with E-state index in [0.717, 1.165) is 9.79 Å². The molecule has 2 rings (SSSR count). The summed E-state index contributed by atoms with van der Waals surface area (Å²) in [5.41, 5.74) is 6.91. The lowest BCUT2D eigenvalue weighted by Gasteiger charge is -2.06. The second kappa shape index (κ2) is 6.13. The van der Waals surface area contributed by atoms with Crippen LogP contribution in [0, 0.1) is 11.3 Å². The number of esters is 1. The van der Waals surface area contributed by atoms with Gasteiger partial charge in [0, 0.05) is 15.5 Å². The van der Waals surface area contributed by atoms with Crippen LogP contribution < -0.4 is 5.73 Å². The largest absolute Gasteiger partial charge is 0.465 e. The molecule has 0 unspecified atom stereocenters. The van der Waals surface area contributed by atoms with Gasteiger partial charge < -0.3 is 10.5 Å². The molecule has 0 aliphatic heterocycles. The first-order valence-electron chi connectivity index (χ1n) is 5.80. The maximum atomic E-state index is 11.6. The first-order valence-corrected chi connectivity index (χ1v) is 6.61. The highest BCUT2D eigenvalue weighted by Gasteiger charge is 2.13. The number of ether oxygens (including phenoxy) is 1. The van der Waals surface area contributed by atoms with E-state index >= 15 is 0 Å². The van der Waals surface area contributed by atoms with Gasteiger partial charge in [-0.1, -0.05) is 11.8 Å². The fourth-order valence-corrected chi connectivity index (χ4v) is 2.49. The zero-order valence-electron chi connectivity index (χ0n) is 10.8. The number of carbonyl (C=O) groups excluding carboxylic acids is 1. The van der Waals surface area contributed by atoms with Crippen LogP contribution >= 0.6 is 11.8 Å². The van der Waals surface area contributed by atoms with Crippen LogP contribution in [-0.4, -0.2) is 13.1 Å². The van der Waals surface area contributed by atoms with Crippen LogP contribution in [0.4, 0.5) is 5.69 Å². The average molecular weight is 284 g/mol. The van der Waals surface area contributed by atoms with E-state index in [0.29, 0.717) is 11.3 Å². The van der Waals surface area contributed by atoms with E-state index < -0.39 is 5.97 Å². The monoisotopic (exact) mass is 284 g/mol. The molecule has 0 atom stereocenters. The van der Waals surface area contributed by atoms with E-state index in [4.69, 9.17) is 11.0 Å². The Morgan fingerprint density at radius 3 is 2.45 bits per heavy atom. The summed E-state index contributed by atoms with van der Waals surface area (Å²) in [4.78, 5) is 13.5. The number of nitrogen functional groups attached to an aromatic ring is 1. The minimum Gasteiger partial charge on any atom is -0.465 e. The van der Waals surface area contributed by atoms with Crippen molar-refractivity contribution < 1.29 is 9.53 Å². The summed E-state index contributed by atoms with van der Waals surface area (Å²) in [7, 11) is 1.29. The molecule has 100 valence electrons. The van der Waals surface area contributed by atoms with Gasteiger partial charge in [0.05, 0.1) is 18.2 Å². The summed E-state index contributed by atoms with van der Waals surface area (Å²) in [5, 5.41) is 9.00. The lowest BCUT2D eigenvalue weighted by molar-refractivity contribution is 0.0600. The number of anilines is 1. The minimum atomic E-state index is -0.513. The molecule has 4 nitrogen and oxygen atoms in total. The van der Waals surface area contributed by atoms with Gasteiger partial charge in [-0.2, -0.15) is 5.26 Å². The van der Waals surface area contributed by atoms with Crippen molar-refractivity contribution in [2.24, 2.45) is 0 Å². The van der Waals surface area contributed by atoms with Gasteiger partial charge in [0.2, 0.25) is 0 Å². The molecular weight excluding hydrogens is 272 g/mol. The topological polar surface area (TPSA) is 76.1 Å². The number of hydrogen-bond donors (Lipinski definition) is 1. The molecule has 0 aromatic heterocycles. The lowest BCUT2D eigenvalue weighted by atomic mass is 10.1. The molecule has 0 amide bonds. The fraction of sp³-hybridized carbons (Fsp3) is 0.0667. The maximum absolute atomic E-state index is 11.6. The van der Waals surface area contributed by atoms with Crippen molar-refractivity contribution in [3.63, 3.8) is 0 Å². The van der Waals surface area contributed by atoms with E-state index in [1.165, 1.54) is 18.9 Å². The number of nitriles is 1. The number of nitrogens with zero attached hydrogens (tertiary/aromatic N) is 1. The molecule has 2 N–H and O–H groups in total. The van der Waals surface area contributed by atoms with Crippen molar-refractivity contribution >= 4 is 23.4 Å². The number of benzene rings is 2. The Hall–Kier alpha value is -2.45. The van der Waals surface area contributed by atoms with Crippen LogP contribution in [0.15, 0.2) is 52.3 Å². The van der Waals surface area contributed by atoms with Gasteiger partial charge in [0.15, 0.2) is 0 Å². The second-order valence-corrected chi connectivity index (χ2v) is 5.13. The first-order chi connectivity index (χ1) is 9.63. The highest BCUT2D eigenvalue weighted by atomic mass is 32.2. The number of carbonyl (C=O) groups is 1. The van der Waals surface area contributed by atoms with E-state index in [9.17, 15) is 4.79 Å². The van der Waals surface area contributed by atoms with Gasteiger partial charge in [-0.3, -0.25) is 0 Å². The normalized spacial score (nSPS) is 9.80. The molecule has 0 saturated carbocycles. The maximum Gasteiger partial charge on any atom is 0.339 e. The SMILES string of the molecule is COC(=O)c1cc(Sc2ccc(N)cc2)ccc1C#N. The third-order valence-electron chi connectivity index (χ3n) is 2.63. The molecule has 0 radical (unpaired) electrons. The Morgan fingerprint density at radius 2 is 1.85 bits per heavy atom. The number of hydrogen-bond acceptors (Lipinski definition) is 5. The second-order valence-electron chi connectivity index (χ2n) is 3.98. The first kappa shape index (κ1) is 14.0. The molecule has 20 heavy (non-hydrogen) atoms. The zero-order chi connectivity index (χ0) is 14.5. The van der Waals surface area contributed by atoms with Crippen LogP contribution in [-0.2, 0) is 4.74 Å². The Morgan fingerprint density at radius 1 is 1.20 bits per heavy atom. The molecule has 0 bridgehead atoms. The van der Waals surface area contributed by atoms with Gasteiger partial charge in [0.1, 0.15) is 6.07 Å². The fourth-order valence-electron chi connectivity index (χ4n) is 1.64.